The third kappa shape index (κ3) is 4.42. The standard InChI is InChI=1S/C20H17N3O5/c1-28-18-7-3-5-16(11-18)21-20(25)15-8-9-19(24)22(13-15)12-14-4-2-6-17(10-14)23(26)27/h2-11,13H,12H2,1H3,(H,21,25). The lowest BCUT2D eigenvalue weighted by Crippen LogP contribution is -2.22. The van der Waals surface area contributed by atoms with Crippen LogP contribution in [0.1, 0.15) is 15.9 Å². The second kappa shape index (κ2) is 8.17. The van der Waals surface area contributed by atoms with Crippen LogP contribution >= 0.6 is 0 Å². The van der Waals surface area contributed by atoms with Crippen molar-refractivity contribution in [2.75, 3.05) is 12.4 Å². The number of rotatable bonds is 6. The highest BCUT2D eigenvalue weighted by molar-refractivity contribution is 6.04. The number of nitrogens with zero attached hydrogens (tertiary/aromatic N) is 2. The summed E-state index contributed by atoms with van der Waals surface area (Å²) in [6.07, 6.45) is 1.43. The average Bonchev–Trinajstić information content (AvgIpc) is 2.70. The second-order valence-corrected chi connectivity index (χ2v) is 6.00. The van der Waals surface area contributed by atoms with Gasteiger partial charge in [0.2, 0.25) is 0 Å². The first-order valence-corrected chi connectivity index (χ1v) is 8.35. The zero-order chi connectivity index (χ0) is 20.1. The fourth-order valence-corrected chi connectivity index (χ4v) is 2.66. The lowest BCUT2D eigenvalue weighted by Gasteiger charge is -2.10. The van der Waals surface area contributed by atoms with Gasteiger partial charge in [0.1, 0.15) is 5.75 Å². The zero-order valence-electron chi connectivity index (χ0n) is 15.0. The summed E-state index contributed by atoms with van der Waals surface area (Å²) in [6, 6.07) is 15.6. The molecule has 0 bridgehead atoms. The van der Waals surface area contributed by atoms with Crippen LogP contribution in [0.5, 0.6) is 5.75 Å². The molecule has 0 aliphatic rings. The van der Waals surface area contributed by atoms with E-state index in [0.29, 0.717) is 17.0 Å². The Hall–Kier alpha value is -3.94. The second-order valence-electron chi connectivity index (χ2n) is 6.00. The predicted molar refractivity (Wildman–Crippen MR) is 104 cm³/mol. The van der Waals surface area contributed by atoms with E-state index in [9.17, 15) is 19.7 Å². The van der Waals surface area contributed by atoms with Crippen molar-refractivity contribution in [2.24, 2.45) is 0 Å². The summed E-state index contributed by atoms with van der Waals surface area (Å²) in [6.45, 7) is 0.112. The molecule has 0 aliphatic heterocycles. The topological polar surface area (TPSA) is 103 Å². The van der Waals surface area contributed by atoms with Crippen LogP contribution in [0.3, 0.4) is 0 Å². The first-order chi connectivity index (χ1) is 13.5. The summed E-state index contributed by atoms with van der Waals surface area (Å²) in [4.78, 5) is 35.1. The number of anilines is 1. The lowest BCUT2D eigenvalue weighted by molar-refractivity contribution is -0.384. The van der Waals surface area contributed by atoms with Gasteiger partial charge >= 0.3 is 0 Å². The predicted octanol–water partition coefficient (Wildman–Crippen LogP) is 3.07. The van der Waals surface area contributed by atoms with E-state index in [1.165, 1.54) is 42.1 Å². The van der Waals surface area contributed by atoms with Crippen molar-refractivity contribution in [1.82, 2.24) is 4.57 Å². The molecule has 1 heterocycles. The largest absolute Gasteiger partial charge is 0.497 e. The van der Waals surface area contributed by atoms with Crippen LogP contribution < -0.4 is 15.6 Å². The zero-order valence-corrected chi connectivity index (χ0v) is 15.0. The van der Waals surface area contributed by atoms with Gasteiger partial charge in [-0.05, 0) is 23.8 Å². The van der Waals surface area contributed by atoms with Crippen molar-refractivity contribution < 1.29 is 14.5 Å². The number of methoxy groups -OCH3 is 1. The average molecular weight is 379 g/mol. The fourth-order valence-electron chi connectivity index (χ4n) is 2.66. The number of pyridine rings is 1. The van der Waals surface area contributed by atoms with E-state index in [1.807, 2.05) is 0 Å². The molecule has 8 nitrogen and oxygen atoms in total. The van der Waals surface area contributed by atoms with Gasteiger partial charge in [-0.3, -0.25) is 19.7 Å². The van der Waals surface area contributed by atoms with E-state index < -0.39 is 4.92 Å². The molecule has 1 amide bonds. The molecule has 0 aliphatic carbocycles. The molecule has 0 spiro atoms. The smallest absolute Gasteiger partial charge is 0.269 e. The molecule has 3 aromatic rings. The number of carbonyl (C=O) groups excluding carboxylic acids is 1. The van der Waals surface area contributed by atoms with Gasteiger partial charge in [0, 0.05) is 36.1 Å². The van der Waals surface area contributed by atoms with Crippen molar-refractivity contribution >= 4 is 17.3 Å². The van der Waals surface area contributed by atoms with E-state index in [0.717, 1.165) is 0 Å². The van der Waals surface area contributed by atoms with E-state index in [2.05, 4.69) is 5.32 Å². The third-order valence-electron chi connectivity index (χ3n) is 4.05. The maximum Gasteiger partial charge on any atom is 0.269 e. The Kier molecular flexibility index (Phi) is 5.50. The van der Waals surface area contributed by atoms with E-state index in [1.54, 1.807) is 36.4 Å². The Morgan fingerprint density at radius 2 is 1.93 bits per heavy atom. The molecule has 3 rings (SSSR count). The minimum atomic E-state index is -0.496. The Labute approximate surface area is 160 Å². The highest BCUT2D eigenvalue weighted by Crippen LogP contribution is 2.18. The third-order valence-corrected chi connectivity index (χ3v) is 4.05. The van der Waals surface area contributed by atoms with Gasteiger partial charge in [0.25, 0.3) is 17.2 Å². The highest BCUT2D eigenvalue weighted by atomic mass is 16.6. The minimum absolute atomic E-state index is 0.0579. The summed E-state index contributed by atoms with van der Waals surface area (Å²) in [5.74, 6) is 0.217. The molecule has 1 N–H and O–H groups in total. The molecule has 0 atom stereocenters. The Bertz CT molecular complexity index is 1090. The molecule has 8 heteroatoms. The first kappa shape index (κ1) is 18.8. The molecular weight excluding hydrogens is 362 g/mol. The summed E-state index contributed by atoms with van der Waals surface area (Å²) in [5, 5.41) is 13.7. The van der Waals surface area contributed by atoms with Crippen molar-refractivity contribution in [3.8, 4) is 5.75 Å². The summed E-state index contributed by atoms with van der Waals surface area (Å²) in [7, 11) is 1.53. The van der Waals surface area contributed by atoms with Crippen LogP contribution in [0.15, 0.2) is 71.7 Å². The molecule has 142 valence electrons. The van der Waals surface area contributed by atoms with Gasteiger partial charge in [-0.25, -0.2) is 0 Å². The van der Waals surface area contributed by atoms with Gasteiger partial charge in [0.15, 0.2) is 0 Å². The summed E-state index contributed by atoms with van der Waals surface area (Å²) < 4.78 is 6.46. The molecule has 2 aromatic carbocycles. The van der Waals surface area contributed by atoms with Gasteiger partial charge in [-0.2, -0.15) is 0 Å². The number of hydrogen-bond donors (Lipinski definition) is 1. The minimum Gasteiger partial charge on any atom is -0.497 e. The Balaban J connectivity index is 1.82. The van der Waals surface area contributed by atoms with Crippen LogP contribution in [0.2, 0.25) is 0 Å². The molecule has 0 radical (unpaired) electrons. The van der Waals surface area contributed by atoms with Crippen molar-refractivity contribution in [1.29, 1.82) is 0 Å². The molecule has 0 fully saturated rings. The summed E-state index contributed by atoms with van der Waals surface area (Å²) >= 11 is 0. The van der Waals surface area contributed by atoms with Gasteiger partial charge < -0.3 is 14.6 Å². The number of carbonyl (C=O) groups is 1. The van der Waals surface area contributed by atoms with Crippen LogP contribution in [-0.2, 0) is 6.54 Å². The van der Waals surface area contributed by atoms with Crippen molar-refractivity contribution in [3.05, 3.63) is 98.5 Å². The summed E-state index contributed by atoms with van der Waals surface area (Å²) in [5.41, 5.74) is 1.05. The SMILES string of the molecule is COc1cccc(NC(=O)c2ccc(=O)n(Cc3cccc([N+](=O)[O-])c3)c2)c1. The maximum atomic E-state index is 12.5. The maximum absolute atomic E-state index is 12.5. The number of amides is 1. The quantitative estimate of drug-likeness (QED) is 0.524. The number of nitro groups is 1. The molecular formula is C20H17N3O5. The number of benzene rings is 2. The van der Waals surface area contributed by atoms with Gasteiger partial charge in [-0.1, -0.05) is 18.2 Å². The van der Waals surface area contributed by atoms with Crippen LogP contribution in [0, 0.1) is 10.1 Å². The number of ether oxygens (including phenoxy) is 1. The lowest BCUT2D eigenvalue weighted by atomic mass is 10.2. The Morgan fingerprint density at radius 1 is 1.14 bits per heavy atom. The fraction of sp³-hybridized carbons (Fsp3) is 0.100. The van der Waals surface area contributed by atoms with Crippen LogP contribution in [-0.4, -0.2) is 22.5 Å². The van der Waals surface area contributed by atoms with Gasteiger partial charge in [-0.15, -0.1) is 0 Å². The van der Waals surface area contributed by atoms with E-state index >= 15 is 0 Å². The number of non-ortho nitro benzene ring substituents is 1. The highest BCUT2D eigenvalue weighted by Gasteiger charge is 2.11. The first-order valence-electron chi connectivity index (χ1n) is 8.35. The van der Waals surface area contributed by atoms with E-state index in [4.69, 9.17) is 4.74 Å². The molecule has 1 aromatic heterocycles. The van der Waals surface area contributed by atoms with Crippen LogP contribution in [0.25, 0.3) is 0 Å². The number of aromatic nitrogens is 1. The number of nitrogens with one attached hydrogen (secondary N) is 1. The molecule has 0 saturated carbocycles. The molecule has 28 heavy (non-hydrogen) atoms. The normalized spacial score (nSPS) is 10.3. The number of nitro benzene ring substituents is 1. The van der Waals surface area contributed by atoms with E-state index in [-0.39, 0.29) is 29.3 Å². The Morgan fingerprint density at radius 3 is 2.68 bits per heavy atom. The molecule has 0 unspecified atom stereocenters. The van der Waals surface area contributed by atoms with Crippen LogP contribution in [0.4, 0.5) is 11.4 Å². The molecule has 0 saturated heterocycles. The van der Waals surface area contributed by atoms with Gasteiger partial charge in [0.05, 0.1) is 24.1 Å². The monoisotopic (exact) mass is 379 g/mol. The van der Waals surface area contributed by atoms with Crippen molar-refractivity contribution in [3.63, 3.8) is 0 Å². The van der Waals surface area contributed by atoms with Crippen molar-refractivity contribution in [2.45, 2.75) is 6.54 Å². The number of hydrogen-bond acceptors (Lipinski definition) is 5.